The zero-order valence-corrected chi connectivity index (χ0v) is 31.2. The monoisotopic (exact) mass is 719 g/mol. The molecule has 2 amide bonds. The number of cyclic esters (lactones) is 1. The van der Waals surface area contributed by atoms with Crippen molar-refractivity contribution in [2.45, 2.75) is 134 Å². The maximum absolute atomic E-state index is 13.4. The molecule has 51 heavy (non-hydrogen) atoms. The van der Waals surface area contributed by atoms with Gasteiger partial charge in [0.05, 0.1) is 25.2 Å². The second kappa shape index (κ2) is 19.8. The smallest absolute Gasteiger partial charge is 0.410 e. The average molecular weight is 720 g/mol. The molecule has 288 valence electrons. The molecule has 1 aliphatic carbocycles. The van der Waals surface area contributed by atoms with Crippen molar-refractivity contribution in [1.29, 1.82) is 0 Å². The Labute approximate surface area is 303 Å². The van der Waals surface area contributed by atoms with E-state index in [1.807, 2.05) is 39.0 Å². The van der Waals surface area contributed by atoms with E-state index in [4.69, 9.17) is 14.2 Å². The number of hydrogen-bond acceptors (Lipinski definition) is 9. The van der Waals surface area contributed by atoms with E-state index >= 15 is 0 Å². The molecule has 11 nitrogen and oxygen atoms in total. The first kappa shape index (κ1) is 40.8. The van der Waals surface area contributed by atoms with E-state index in [0.29, 0.717) is 32.1 Å². The summed E-state index contributed by atoms with van der Waals surface area (Å²) in [6, 6.07) is 0.165. The number of hydrogen-bond donors (Lipinski definition) is 2. The minimum Gasteiger partial charge on any atom is -0.457 e. The summed E-state index contributed by atoms with van der Waals surface area (Å²) in [7, 11) is 0. The number of alkyl halides is 1. The topological polar surface area (TPSA) is 129 Å². The molecule has 0 bridgehead atoms. The number of ether oxygens (including phenoxy) is 3. The van der Waals surface area contributed by atoms with Crippen molar-refractivity contribution in [3.05, 3.63) is 36.0 Å². The molecule has 1 unspecified atom stereocenters. The molecule has 12 heteroatoms. The predicted molar refractivity (Wildman–Crippen MR) is 193 cm³/mol. The molecule has 2 saturated heterocycles. The molecule has 4 aliphatic rings. The Hall–Kier alpha value is -2.96. The Bertz CT molecular complexity index is 1220. The van der Waals surface area contributed by atoms with Crippen LogP contribution in [0, 0.1) is 11.8 Å². The van der Waals surface area contributed by atoms with Crippen molar-refractivity contribution in [3.63, 3.8) is 0 Å². The lowest BCUT2D eigenvalue weighted by Crippen LogP contribution is -2.53. The lowest BCUT2D eigenvalue weighted by molar-refractivity contribution is -0.151. The van der Waals surface area contributed by atoms with E-state index in [2.05, 4.69) is 4.90 Å². The number of aliphatic hydroxyl groups excluding tert-OH is 1. The molecular weight excluding hydrogens is 657 g/mol. The summed E-state index contributed by atoms with van der Waals surface area (Å²) in [5, 5.41) is 22.2. The molecule has 0 radical (unpaired) electrons. The summed E-state index contributed by atoms with van der Waals surface area (Å²) in [6.07, 6.45) is 14.3. The van der Waals surface area contributed by atoms with Gasteiger partial charge in [0.15, 0.2) is 6.10 Å². The first-order valence-corrected chi connectivity index (χ1v) is 19.2. The lowest BCUT2D eigenvalue weighted by Gasteiger charge is -2.40. The summed E-state index contributed by atoms with van der Waals surface area (Å²) < 4.78 is 30.5. The normalized spacial score (nSPS) is 32.4. The molecule has 0 aromatic rings. The summed E-state index contributed by atoms with van der Waals surface area (Å²) in [5.74, 6) is -1.03. The third-order valence-electron chi connectivity index (χ3n) is 11.0. The van der Waals surface area contributed by atoms with Gasteiger partial charge in [-0.1, -0.05) is 63.8 Å². The Balaban J connectivity index is 1.39. The molecule has 0 aromatic carbocycles. The highest BCUT2D eigenvalue weighted by Crippen LogP contribution is 2.28. The number of piperazine rings is 1. The second-order valence-corrected chi connectivity index (χ2v) is 15.4. The number of carbonyl (C=O) groups is 3. The van der Waals surface area contributed by atoms with Crippen molar-refractivity contribution < 1.29 is 43.2 Å². The van der Waals surface area contributed by atoms with Gasteiger partial charge in [-0.2, -0.15) is 0 Å². The van der Waals surface area contributed by atoms with Crippen molar-refractivity contribution in [2.75, 3.05) is 46.0 Å². The zero-order chi connectivity index (χ0) is 37.0. The predicted octanol–water partition coefficient (Wildman–Crippen LogP) is 5.94. The van der Waals surface area contributed by atoms with Crippen LogP contribution in [0.3, 0.4) is 0 Å². The highest BCUT2D eigenvalue weighted by Gasteiger charge is 2.37. The van der Waals surface area contributed by atoms with Gasteiger partial charge in [-0.25, -0.2) is 14.0 Å². The van der Waals surface area contributed by atoms with Crippen LogP contribution in [0.25, 0.3) is 0 Å². The van der Waals surface area contributed by atoms with Gasteiger partial charge in [0.2, 0.25) is 0 Å². The largest absolute Gasteiger partial charge is 0.457 e. The number of aliphatic hydroxyl groups is 2. The van der Waals surface area contributed by atoms with Crippen molar-refractivity contribution >= 4 is 18.2 Å². The van der Waals surface area contributed by atoms with Crippen molar-refractivity contribution in [2.24, 2.45) is 11.8 Å². The first-order valence-electron chi connectivity index (χ1n) is 19.2. The van der Waals surface area contributed by atoms with E-state index in [9.17, 15) is 29.0 Å². The SMILES string of the molecule is C/C(=C\C=C\C(C)COC(=O)N1CCC[C@@H]1CF)[C@H]1OC(=O)C[C@@H](O)CC[C@](C)(O)[C@@H](OC(=O)N2CCN(C3CCCCCC3)CC2)/C=C/[C@@H]1C. The highest BCUT2D eigenvalue weighted by atomic mass is 19.1. The number of esters is 1. The molecule has 1 saturated carbocycles. The molecule has 3 fully saturated rings. The zero-order valence-electron chi connectivity index (χ0n) is 31.2. The fourth-order valence-corrected chi connectivity index (χ4v) is 7.60. The molecule has 3 aliphatic heterocycles. The maximum Gasteiger partial charge on any atom is 0.410 e. The molecule has 0 spiro atoms. The van der Waals surface area contributed by atoms with Crippen LogP contribution in [-0.2, 0) is 19.0 Å². The molecule has 2 N–H and O–H groups in total. The van der Waals surface area contributed by atoms with E-state index in [-0.39, 0.29) is 37.7 Å². The van der Waals surface area contributed by atoms with Crippen LogP contribution in [0.5, 0.6) is 0 Å². The third kappa shape index (κ3) is 12.3. The van der Waals surface area contributed by atoms with E-state index in [0.717, 1.165) is 25.1 Å². The summed E-state index contributed by atoms with van der Waals surface area (Å²) in [6.45, 7) is 10.0. The van der Waals surface area contributed by atoms with Gasteiger partial charge in [-0.05, 0) is 64.0 Å². The van der Waals surface area contributed by atoms with Gasteiger partial charge in [0, 0.05) is 50.6 Å². The number of allylic oxidation sites excluding steroid dienone is 2. The highest BCUT2D eigenvalue weighted by molar-refractivity contribution is 5.70. The van der Waals surface area contributed by atoms with Gasteiger partial charge in [0.1, 0.15) is 18.4 Å². The fourth-order valence-electron chi connectivity index (χ4n) is 7.60. The Morgan fingerprint density at radius 2 is 1.75 bits per heavy atom. The Kier molecular flexibility index (Phi) is 15.8. The first-order chi connectivity index (χ1) is 24.4. The summed E-state index contributed by atoms with van der Waals surface area (Å²) >= 11 is 0. The molecular formula is C39H62FN3O8. The van der Waals surface area contributed by atoms with Crippen LogP contribution >= 0.6 is 0 Å². The molecule has 4 rings (SSSR count). The standard InChI is InChI=1S/C39H62FN3O8/c1-28(27-49-38(47)43-20-10-15-32(43)26-40)11-9-12-29(2)36-30(3)16-17-34(39(4,48)19-18-33(44)25-35(45)51-36)50-37(46)42-23-21-41(22-24-42)31-13-7-5-6-8-14-31/h9,11-12,16-17,28,30-34,36,44,48H,5-8,10,13-15,18-27H2,1-4H3/b11-9+,17-16+,29-12+/t28?,30-,32+,33-,34-,36+,39-/m0/s1. The molecule has 7 atom stereocenters. The number of carbonyl (C=O) groups excluding carboxylic acids is 3. The molecule has 3 heterocycles. The van der Waals surface area contributed by atoms with Crippen LogP contribution in [0.1, 0.15) is 98.3 Å². The quantitative estimate of drug-likeness (QED) is 0.103. The number of rotatable bonds is 8. The fraction of sp³-hybridized carbons (Fsp3) is 0.769. The minimum atomic E-state index is -1.48. The Morgan fingerprint density at radius 1 is 1.04 bits per heavy atom. The van der Waals surface area contributed by atoms with E-state index < -0.39 is 54.8 Å². The summed E-state index contributed by atoms with van der Waals surface area (Å²) in [5.41, 5.74) is -0.746. The van der Waals surface area contributed by atoms with E-state index in [1.54, 1.807) is 24.0 Å². The molecule has 0 aromatic heterocycles. The number of nitrogens with zero attached hydrogens (tertiary/aromatic N) is 3. The maximum atomic E-state index is 13.4. The van der Waals surface area contributed by atoms with Gasteiger partial charge < -0.3 is 34.2 Å². The van der Waals surface area contributed by atoms with Crippen molar-refractivity contribution in [3.8, 4) is 0 Å². The van der Waals surface area contributed by atoms with Gasteiger partial charge >= 0.3 is 18.2 Å². The number of likely N-dealkylation sites (tertiary alicyclic amines) is 1. The van der Waals surface area contributed by atoms with Crippen LogP contribution in [0.4, 0.5) is 14.0 Å². The lowest BCUT2D eigenvalue weighted by atomic mass is 9.89. The summed E-state index contributed by atoms with van der Waals surface area (Å²) in [4.78, 5) is 44.4. The second-order valence-electron chi connectivity index (χ2n) is 15.4. The van der Waals surface area contributed by atoms with Crippen LogP contribution < -0.4 is 0 Å². The average Bonchev–Trinajstić information content (AvgIpc) is 3.43. The van der Waals surface area contributed by atoms with Gasteiger partial charge in [-0.3, -0.25) is 9.69 Å². The number of amides is 2. The van der Waals surface area contributed by atoms with Crippen LogP contribution in [-0.4, -0.2) is 125 Å². The number of halogens is 1. The van der Waals surface area contributed by atoms with Crippen LogP contribution in [0.15, 0.2) is 36.0 Å². The van der Waals surface area contributed by atoms with Crippen LogP contribution in [0.2, 0.25) is 0 Å². The Morgan fingerprint density at radius 3 is 2.43 bits per heavy atom. The third-order valence-corrected chi connectivity index (χ3v) is 11.0. The van der Waals surface area contributed by atoms with E-state index in [1.165, 1.54) is 43.4 Å². The van der Waals surface area contributed by atoms with Crippen molar-refractivity contribution in [1.82, 2.24) is 14.7 Å². The van der Waals surface area contributed by atoms with Gasteiger partial charge in [-0.15, -0.1) is 0 Å². The van der Waals surface area contributed by atoms with Gasteiger partial charge in [0.25, 0.3) is 0 Å². The minimum absolute atomic E-state index is 0.114.